The van der Waals surface area contributed by atoms with E-state index < -0.39 is 5.41 Å². The molecule has 0 unspecified atom stereocenters. The third kappa shape index (κ3) is 4.57. The van der Waals surface area contributed by atoms with E-state index in [1.165, 1.54) is 44.5 Å². The van der Waals surface area contributed by atoms with Crippen LogP contribution in [0.2, 0.25) is 0 Å². The molecule has 1 aromatic heterocycles. The summed E-state index contributed by atoms with van der Waals surface area (Å²) in [7, 11) is 0. The molecule has 8 aromatic carbocycles. The highest BCUT2D eigenvalue weighted by atomic mass is 16.3. The number of hydrogen-bond donors (Lipinski definition) is 0. The molecule has 0 fully saturated rings. The van der Waals surface area contributed by atoms with E-state index in [0.717, 1.165) is 39.0 Å². The Kier molecular flexibility index (Phi) is 6.75. The maximum atomic E-state index is 6.70. The van der Waals surface area contributed by atoms with Crippen molar-refractivity contribution in [2.45, 2.75) is 5.41 Å². The number of rotatable bonds is 6. The zero-order valence-electron chi connectivity index (χ0n) is 27.9. The normalized spacial score (nSPS) is 12.9. The van der Waals surface area contributed by atoms with Crippen LogP contribution in [-0.4, -0.2) is 0 Å². The van der Waals surface area contributed by atoms with Gasteiger partial charge >= 0.3 is 0 Å². The van der Waals surface area contributed by atoms with Crippen molar-refractivity contribution in [1.82, 2.24) is 0 Å². The lowest BCUT2D eigenvalue weighted by Crippen LogP contribution is -2.28. The van der Waals surface area contributed by atoms with Gasteiger partial charge < -0.3 is 9.32 Å². The number of hydrogen-bond acceptors (Lipinski definition) is 2. The van der Waals surface area contributed by atoms with Crippen LogP contribution in [-0.2, 0) is 5.41 Å². The highest BCUT2D eigenvalue weighted by Gasteiger charge is 2.46. The minimum Gasteiger partial charge on any atom is -0.456 e. The number of para-hydroxylation sites is 1. The zero-order valence-corrected chi connectivity index (χ0v) is 27.9. The quantitative estimate of drug-likeness (QED) is 0.178. The van der Waals surface area contributed by atoms with Gasteiger partial charge in [0.1, 0.15) is 11.2 Å². The van der Waals surface area contributed by atoms with Gasteiger partial charge in [0, 0.05) is 27.8 Å². The fourth-order valence-corrected chi connectivity index (χ4v) is 8.31. The number of benzene rings is 8. The van der Waals surface area contributed by atoms with Crippen molar-refractivity contribution < 1.29 is 4.42 Å². The molecule has 0 amide bonds. The Hall–Kier alpha value is -6.64. The lowest BCUT2D eigenvalue weighted by Gasteiger charge is -2.33. The van der Waals surface area contributed by atoms with E-state index in [1.807, 2.05) is 0 Å². The van der Waals surface area contributed by atoms with Gasteiger partial charge in [0.2, 0.25) is 0 Å². The summed E-state index contributed by atoms with van der Waals surface area (Å²) in [4.78, 5) is 2.32. The van der Waals surface area contributed by atoms with Crippen molar-refractivity contribution in [3.05, 3.63) is 222 Å². The first kappa shape index (κ1) is 29.3. The van der Waals surface area contributed by atoms with Crippen LogP contribution < -0.4 is 4.90 Å². The summed E-state index contributed by atoms with van der Waals surface area (Å²) in [5.74, 6) is 0. The molecule has 1 aliphatic rings. The first-order valence-electron chi connectivity index (χ1n) is 17.5. The second-order valence-electron chi connectivity index (χ2n) is 13.3. The molecule has 0 spiro atoms. The van der Waals surface area contributed by atoms with Crippen LogP contribution in [0.3, 0.4) is 0 Å². The molecule has 9 aromatic rings. The predicted molar refractivity (Wildman–Crippen MR) is 211 cm³/mol. The predicted octanol–water partition coefficient (Wildman–Crippen LogP) is 13.1. The molecule has 0 N–H and O–H groups in total. The van der Waals surface area contributed by atoms with Crippen molar-refractivity contribution >= 4 is 39.0 Å². The highest BCUT2D eigenvalue weighted by molar-refractivity contribution is 6.07. The molecule has 0 radical (unpaired) electrons. The number of anilines is 3. The Morgan fingerprint density at radius 3 is 1.59 bits per heavy atom. The molecule has 0 aliphatic heterocycles. The molecule has 0 saturated carbocycles. The van der Waals surface area contributed by atoms with Crippen molar-refractivity contribution in [2.24, 2.45) is 0 Å². The van der Waals surface area contributed by atoms with E-state index in [4.69, 9.17) is 4.42 Å². The Bertz CT molecular complexity index is 2630. The van der Waals surface area contributed by atoms with Crippen LogP contribution in [0.1, 0.15) is 22.3 Å². The molecule has 10 rings (SSSR count). The van der Waals surface area contributed by atoms with Crippen LogP contribution in [0.15, 0.2) is 205 Å². The molecular formula is C49H33NO. The third-order valence-corrected chi connectivity index (χ3v) is 10.6. The summed E-state index contributed by atoms with van der Waals surface area (Å²) < 4.78 is 6.70. The Morgan fingerprint density at radius 2 is 0.902 bits per heavy atom. The topological polar surface area (TPSA) is 16.4 Å². The summed E-state index contributed by atoms with van der Waals surface area (Å²) in [6.45, 7) is 0. The van der Waals surface area contributed by atoms with E-state index >= 15 is 0 Å². The molecule has 51 heavy (non-hydrogen) atoms. The first-order chi connectivity index (χ1) is 25.3. The lowest BCUT2D eigenvalue weighted by molar-refractivity contribution is 0.665. The maximum Gasteiger partial charge on any atom is 0.135 e. The molecule has 2 heteroatoms. The van der Waals surface area contributed by atoms with E-state index in [-0.39, 0.29) is 0 Å². The molecule has 1 heterocycles. The number of fused-ring (bicyclic) bond motifs is 6. The molecule has 240 valence electrons. The molecular weight excluding hydrogens is 619 g/mol. The fourth-order valence-electron chi connectivity index (χ4n) is 8.31. The van der Waals surface area contributed by atoms with Crippen LogP contribution >= 0.6 is 0 Å². The highest BCUT2D eigenvalue weighted by Crippen LogP contribution is 2.56. The van der Waals surface area contributed by atoms with Crippen LogP contribution in [0.25, 0.3) is 44.2 Å². The first-order valence-corrected chi connectivity index (χ1v) is 17.5. The third-order valence-electron chi connectivity index (χ3n) is 10.6. The molecule has 2 nitrogen and oxygen atoms in total. The molecule has 1 aliphatic carbocycles. The summed E-state index contributed by atoms with van der Waals surface area (Å²) in [6.07, 6.45) is 0. The summed E-state index contributed by atoms with van der Waals surface area (Å²) >= 11 is 0. The van der Waals surface area contributed by atoms with Crippen molar-refractivity contribution in [2.75, 3.05) is 4.90 Å². The van der Waals surface area contributed by atoms with E-state index in [0.29, 0.717) is 0 Å². The van der Waals surface area contributed by atoms with Gasteiger partial charge in [-0.15, -0.1) is 0 Å². The second kappa shape index (κ2) is 11.8. The van der Waals surface area contributed by atoms with E-state index in [2.05, 4.69) is 205 Å². The average Bonchev–Trinajstić information content (AvgIpc) is 3.72. The Morgan fingerprint density at radius 1 is 0.353 bits per heavy atom. The zero-order chi connectivity index (χ0) is 33.8. The van der Waals surface area contributed by atoms with Gasteiger partial charge in [0.05, 0.1) is 5.41 Å². The molecule has 0 atom stereocenters. The van der Waals surface area contributed by atoms with Crippen LogP contribution in [0, 0.1) is 0 Å². The SMILES string of the molecule is c1ccc(-c2ccc(N(c3ccccc3)c3ccc4oc5cc(C6(c7ccccc7)c7ccccc7-c7ccccc76)ccc5c4c3)cc2)cc1. The molecule has 0 saturated heterocycles. The Balaban J connectivity index is 1.13. The second-order valence-corrected chi connectivity index (χ2v) is 13.3. The number of nitrogens with zero attached hydrogens (tertiary/aromatic N) is 1. The smallest absolute Gasteiger partial charge is 0.135 e. The van der Waals surface area contributed by atoms with E-state index in [9.17, 15) is 0 Å². The van der Waals surface area contributed by atoms with Crippen molar-refractivity contribution in [3.8, 4) is 22.3 Å². The van der Waals surface area contributed by atoms with Crippen LogP contribution in [0.4, 0.5) is 17.1 Å². The van der Waals surface area contributed by atoms with Gasteiger partial charge in [-0.05, 0) is 93.0 Å². The van der Waals surface area contributed by atoms with E-state index in [1.54, 1.807) is 0 Å². The van der Waals surface area contributed by atoms with Crippen molar-refractivity contribution in [3.63, 3.8) is 0 Å². The summed E-state index contributed by atoms with van der Waals surface area (Å²) in [6, 6.07) is 72.0. The van der Waals surface area contributed by atoms with Gasteiger partial charge in [0.25, 0.3) is 0 Å². The van der Waals surface area contributed by atoms with Gasteiger partial charge in [-0.25, -0.2) is 0 Å². The van der Waals surface area contributed by atoms with Gasteiger partial charge in [0.15, 0.2) is 0 Å². The minimum atomic E-state index is -0.469. The van der Waals surface area contributed by atoms with Gasteiger partial charge in [-0.2, -0.15) is 0 Å². The maximum absolute atomic E-state index is 6.70. The fraction of sp³-hybridized carbons (Fsp3) is 0.0204. The monoisotopic (exact) mass is 651 g/mol. The van der Waals surface area contributed by atoms with Crippen LogP contribution in [0.5, 0.6) is 0 Å². The standard InChI is InChI=1S/C49H33NO/c1-4-14-34(15-5-1)35-24-27-39(28-25-35)50(38-18-8-3-9-19-38)40-29-31-47-44(33-40)43-30-26-37(32-48(43)51-47)49(36-16-6-2-7-17-36)45-22-12-10-20-41(45)42-21-11-13-23-46(42)49/h1-33H. The minimum absolute atomic E-state index is 0.469. The number of furan rings is 1. The summed E-state index contributed by atoms with van der Waals surface area (Å²) in [5, 5.41) is 2.20. The van der Waals surface area contributed by atoms with Gasteiger partial charge in [-0.1, -0.05) is 152 Å². The Labute approximate surface area is 297 Å². The summed E-state index contributed by atoms with van der Waals surface area (Å²) in [5.41, 5.74) is 14.6. The van der Waals surface area contributed by atoms with Crippen molar-refractivity contribution in [1.29, 1.82) is 0 Å². The molecule has 0 bridgehead atoms. The van der Waals surface area contributed by atoms with Gasteiger partial charge in [-0.3, -0.25) is 0 Å². The largest absolute Gasteiger partial charge is 0.456 e. The average molecular weight is 652 g/mol. The lowest BCUT2D eigenvalue weighted by atomic mass is 9.67.